The third kappa shape index (κ3) is 3.35. The minimum atomic E-state index is -0.431. The van der Waals surface area contributed by atoms with Crippen LogP contribution < -0.4 is 5.32 Å². The lowest BCUT2D eigenvalue weighted by Crippen LogP contribution is -2.29. The van der Waals surface area contributed by atoms with Gasteiger partial charge in [-0.2, -0.15) is 0 Å². The van der Waals surface area contributed by atoms with Gasteiger partial charge in [0.25, 0.3) is 0 Å². The standard InChI is InChI=1S/C16H18N2O2/c1-12-7-3-4-8-13(12)14(11-18-16(19)20-2)15-9-5-6-10-17-15/h3-10,14H,11H2,1-2H3,(H,18,19). The van der Waals surface area contributed by atoms with Gasteiger partial charge in [-0.3, -0.25) is 4.98 Å². The van der Waals surface area contributed by atoms with E-state index in [-0.39, 0.29) is 5.92 Å². The smallest absolute Gasteiger partial charge is 0.406 e. The number of carbonyl (C=O) groups excluding carboxylic acids is 1. The van der Waals surface area contributed by atoms with Crippen molar-refractivity contribution in [3.8, 4) is 0 Å². The van der Waals surface area contributed by atoms with Gasteiger partial charge in [-0.15, -0.1) is 0 Å². The average Bonchev–Trinajstić information content (AvgIpc) is 2.50. The van der Waals surface area contributed by atoms with E-state index in [4.69, 9.17) is 0 Å². The van der Waals surface area contributed by atoms with Gasteiger partial charge in [0.05, 0.1) is 7.11 Å². The Balaban J connectivity index is 2.30. The average molecular weight is 270 g/mol. The molecule has 4 heteroatoms. The normalized spacial score (nSPS) is 11.7. The van der Waals surface area contributed by atoms with E-state index in [1.165, 1.54) is 12.7 Å². The van der Waals surface area contributed by atoms with Crippen LogP contribution in [-0.2, 0) is 4.74 Å². The maximum atomic E-state index is 11.3. The van der Waals surface area contributed by atoms with Gasteiger partial charge in [-0.05, 0) is 30.2 Å². The number of carbonyl (C=O) groups is 1. The van der Waals surface area contributed by atoms with Crippen molar-refractivity contribution >= 4 is 6.09 Å². The van der Waals surface area contributed by atoms with Crippen LogP contribution in [0.4, 0.5) is 4.79 Å². The third-order valence-corrected chi connectivity index (χ3v) is 3.24. The molecule has 0 spiro atoms. The molecule has 1 unspecified atom stereocenters. The number of amides is 1. The predicted octanol–water partition coefficient (Wildman–Crippen LogP) is 2.88. The topological polar surface area (TPSA) is 51.2 Å². The number of alkyl carbamates (subject to hydrolysis) is 1. The molecule has 1 aromatic heterocycles. The fraction of sp³-hybridized carbons (Fsp3) is 0.250. The van der Waals surface area contributed by atoms with Gasteiger partial charge in [-0.1, -0.05) is 30.3 Å². The molecule has 0 aliphatic heterocycles. The van der Waals surface area contributed by atoms with Gasteiger partial charge >= 0.3 is 6.09 Å². The van der Waals surface area contributed by atoms with Gasteiger partial charge in [0.15, 0.2) is 0 Å². The van der Waals surface area contributed by atoms with Crippen LogP contribution in [0.15, 0.2) is 48.7 Å². The number of nitrogens with one attached hydrogen (secondary N) is 1. The monoisotopic (exact) mass is 270 g/mol. The summed E-state index contributed by atoms with van der Waals surface area (Å²) in [4.78, 5) is 15.7. The first kappa shape index (κ1) is 14.1. The molecule has 1 aromatic carbocycles. The zero-order valence-corrected chi connectivity index (χ0v) is 11.7. The highest BCUT2D eigenvalue weighted by Crippen LogP contribution is 2.25. The number of nitrogens with zero attached hydrogens (tertiary/aromatic N) is 1. The maximum absolute atomic E-state index is 11.3. The number of aryl methyl sites for hydroxylation is 1. The molecule has 0 bridgehead atoms. The summed E-state index contributed by atoms with van der Waals surface area (Å²) in [5.74, 6) is 0.0106. The highest BCUT2D eigenvalue weighted by molar-refractivity contribution is 5.67. The lowest BCUT2D eigenvalue weighted by atomic mass is 9.91. The first-order valence-corrected chi connectivity index (χ1v) is 6.50. The molecule has 20 heavy (non-hydrogen) atoms. The predicted molar refractivity (Wildman–Crippen MR) is 77.7 cm³/mol. The second kappa shape index (κ2) is 6.70. The highest BCUT2D eigenvalue weighted by atomic mass is 16.5. The van der Waals surface area contributed by atoms with Crippen LogP contribution >= 0.6 is 0 Å². The molecule has 0 radical (unpaired) electrons. The second-order valence-electron chi connectivity index (χ2n) is 4.54. The van der Waals surface area contributed by atoms with E-state index in [0.717, 1.165) is 11.3 Å². The summed E-state index contributed by atoms with van der Waals surface area (Å²) in [5.41, 5.74) is 3.26. The van der Waals surface area contributed by atoms with E-state index in [0.29, 0.717) is 6.54 Å². The zero-order chi connectivity index (χ0) is 14.4. The summed E-state index contributed by atoms with van der Waals surface area (Å²) >= 11 is 0. The van der Waals surface area contributed by atoms with Gasteiger partial charge in [-0.25, -0.2) is 4.79 Å². The fourth-order valence-corrected chi connectivity index (χ4v) is 2.19. The van der Waals surface area contributed by atoms with Crippen LogP contribution in [0.5, 0.6) is 0 Å². The Kier molecular flexibility index (Phi) is 4.71. The molecule has 104 valence electrons. The quantitative estimate of drug-likeness (QED) is 0.929. The molecular weight excluding hydrogens is 252 g/mol. The number of pyridine rings is 1. The van der Waals surface area contributed by atoms with E-state index in [1.807, 2.05) is 30.3 Å². The zero-order valence-electron chi connectivity index (χ0n) is 11.7. The molecule has 0 aliphatic rings. The summed E-state index contributed by atoms with van der Waals surface area (Å²) in [7, 11) is 1.36. The minimum Gasteiger partial charge on any atom is -0.453 e. The van der Waals surface area contributed by atoms with Crippen molar-refractivity contribution in [3.63, 3.8) is 0 Å². The van der Waals surface area contributed by atoms with Crippen molar-refractivity contribution in [2.45, 2.75) is 12.8 Å². The van der Waals surface area contributed by atoms with Crippen LogP contribution in [-0.4, -0.2) is 24.7 Å². The van der Waals surface area contributed by atoms with E-state index < -0.39 is 6.09 Å². The molecule has 0 saturated carbocycles. The highest BCUT2D eigenvalue weighted by Gasteiger charge is 2.18. The Bertz CT molecular complexity index is 570. The summed E-state index contributed by atoms with van der Waals surface area (Å²) < 4.78 is 4.63. The molecule has 4 nitrogen and oxygen atoms in total. The molecule has 2 aromatic rings. The lowest BCUT2D eigenvalue weighted by molar-refractivity contribution is 0.170. The van der Waals surface area contributed by atoms with Gasteiger partial charge in [0.1, 0.15) is 0 Å². The van der Waals surface area contributed by atoms with Crippen molar-refractivity contribution in [3.05, 3.63) is 65.5 Å². The van der Waals surface area contributed by atoms with E-state index in [9.17, 15) is 4.79 Å². The number of aromatic nitrogens is 1. The SMILES string of the molecule is COC(=O)NCC(c1ccccn1)c1ccccc1C. The second-order valence-corrected chi connectivity index (χ2v) is 4.54. The number of hydrogen-bond acceptors (Lipinski definition) is 3. The van der Waals surface area contributed by atoms with Crippen molar-refractivity contribution < 1.29 is 9.53 Å². The van der Waals surface area contributed by atoms with Crippen molar-refractivity contribution in [1.29, 1.82) is 0 Å². The van der Waals surface area contributed by atoms with E-state index in [2.05, 4.69) is 34.1 Å². The largest absolute Gasteiger partial charge is 0.453 e. The van der Waals surface area contributed by atoms with E-state index >= 15 is 0 Å². The van der Waals surface area contributed by atoms with Gasteiger partial charge in [0, 0.05) is 24.4 Å². The molecule has 1 amide bonds. The number of methoxy groups -OCH3 is 1. The molecule has 1 N–H and O–H groups in total. The van der Waals surface area contributed by atoms with Crippen LogP contribution in [0.2, 0.25) is 0 Å². The Morgan fingerprint density at radius 3 is 2.65 bits per heavy atom. The number of rotatable bonds is 4. The summed E-state index contributed by atoms with van der Waals surface area (Å²) in [5, 5.41) is 2.76. The number of benzene rings is 1. The fourth-order valence-electron chi connectivity index (χ4n) is 2.19. The Morgan fingerprint density at radius 1 is 1.25 bits per heavy atom. The molecular formula is C16H18N2O2. The Hall–Kier alpha value is -2.36. The molecule has 2 rings (SSSR count). The number of ether oxygens (including phenoxy) is 1. The molecule has 1 heterocycles. The first-order valence-electron chi connectivity index (χ1n) is 6.50. The molecule has 0 saturated heterocycles. The Morgan fingerprint density at radius 2 is 2.00 bits per heavy atom. The minimum absolute atomic E-state index is 0.0106. The van der Waals surface area contributed by atoms with Crippen LogP contribution in [0.25, 0.3) is 0 Å². The van der Waals surface area contributed by atoms with Gasteiger partial charge < -0.3 is 10.1 Å². The Labute approximate surface area is 118 Å². The summed E-state index contributed by atoms with van der Waals surface area (Å²) in [6.45, 7) is 2.51. The molecule has 0 fully saturated rings. The van der Waals surface area contributed by atoms with Crippen LogP contribution in [0, 0.1) is 6.92 Å². The molecule has 0 aliphatic carbocycles. The summed E-state index contributed by atoms with van der Waals surface area (Å²) in [6.07, 6.45) is 1.33. The van der Waals surface area contributed by atoms with Crippen molar-refractivity contribution in [2.24, 2.45) is 0 Å². The van der Waals surface area contributed by atoms with Crippen LogP contribution in [0.3, 0.4) is 0 Å². The lowest BCUT2D eigenvalue weighted by Gasteiger charge is -2.19. The third-order valence-electron chi connectivity index (χ3n) is 3.24. The van der Waals surface area contributed by atoms with Crippen LogP contribution in [0.1, 0.15) is 22.7 Å². The molecule has 1 atom stereocenters. The number of hydrogen-bond donors (Lipinski definition) is 1. The van der Waals surface area contributed by atoms with E-state index in [1.54, 1.807) is 6.20 Å². The van der Waals surface area contributed by atoms with Crippen molar-refractivity contribution in [1.82, 2.24) is 10.3 Å². The summed E-state index contributed by atoms with van der Waals surface area (Å²) in [6, 6.07) is 13.9. The maximum Gasteiger partial charge on any atom is 0.406 e. The first-order chi connectivity index (χ1) is 9.72. The van der Waals surface area contributed by atoms with Crippen molar-refractivity contribution in [2.75, 3.05) is 13.7 Å². The van der Waals surface area contributed by atoms with Gasteiger partial charge in [0.2, 0.25) is 0 Å².